The third-order valence-corrected chi connectivity index (χ3v) is 4.80. The number of carbonyl (C=O) groups excluding carboxylic acids is 1. The number of benzene rings is 2. The smallest absolute Gasteiger partial charge is 0.287 e. The van der Waals surface area contributed by atoms with E-state index in [1.54, 1.807) is 30.8 Å². The Morgan fingerprint density at radius 3 is 2.71 bits per heavy atom. The first-order valence-electron chi connectivity index (χ1n) is 7.74. The minimum absolute atomic E-state index is 0.138. The number of nitrogens with one attached hydrogen (secondary N) is 1. The van der Waals surface area contributed by atoms with E-state index in [1.165, 1.54) is 11.6 Å². The van der Waals surface area contributed by atoms with Crippen LogP contribution in [-0.2, 0) is 5.75 Å². The van der Waals surface area contributed by atoms with Gasteiger partial charge in [0.1, 0.15) is 0 Å². The van der Waals surface area contributed by atoms with Crippen molar-refractivity contribution in [3.63, 3.8) is 0 Å². The third kappa shape index (κ3) is 3.62. The molecule has 0 radical (unpaired) electrons. The van der Waals surface area contributed by atoms with E-state index in [1.807, 2.05) is 18.2 Å². The van der Waals surface area contributed by atoms with Crippen molar-refractivity contribution in [3.05, 3.63) is 71.2 Å². The molecule has 3 aromatic rings. The van der Waals surface area contributed by atoms with Crippen LogP contribution in [0.5, 0.6) is 0 Å². The predicted octanol–water partition coefficient (Wildman–Crippen LogP) is 4.54. The molecule has 0 aliphatic rings. The van der Waals surface area contributed by atoms with Gasteiger partial charge < -0.3 is 9.73 Å². The summed E-state index contributed by atoms with van der Waals surface area (Å²) < 4.78 is 19.2. The number of carbonyl (C=O) groups is 1. The molecule has 124 valence electrons. The summed E-state index contributed by atoms with van der Waals surface area (Å²) in [6.45, 7) is 2.31. The van der Waals surface area contributed by atoms with E-state index in [4.69, 9.17) is 4.42 Å². The first kappa shape index (κ1) is 16.6. The predicted molar refractivity (Wildman–Crippen MR) is 95.8 cm³/mol. The van der Waals surface area contributed by atoms with E-state index in [0.29, 0.717) is 17.5 Å². The second kappa shape index (κ2) is 7.53. The van der Waals surface area contributed by atoms with E-state index < -0.39 is 5.82 Å². The highest BCUT2D eigenvalue weighted by Gasteiger charge is 2.18. The van der Waals surface area contributed by atoms with Crippen LogP contribution in [0.2, 0.25) is 0 Å². The summed E-state index contributed by atoms with van der Waals surface area (Å²) in [5.41, 5.74) is 2.06. The Labute approximate surface area is 144 Å². The van der Waals surface area contributed by atoms with Crippen molar-refractivity contribution in [2.24, 2.45) is 0 Å². The molecule has 0 atom stereocenters. The van der Waals surface area contributed by atoms with Gasteiger partial charge in [-0.2, -0.15) is 11.8 Å². The second-order valence-corrected chi connectivity index (χ2v) is 6.57. The molecular formula is C19H18FNO2S. The van der Waals surface area contributed by atoms with Crippen LogP contribution in [0.15, 0.2) is 52.9 Å². The van der Waals surface area contributed by atoms with Gasteiger partial charge in [0, 0.05) is 29.0 Å². The summed E-state index contributed by atoms with van der Waals surface area (Å²) in [7, 11) is 0. The molecule has 0 aliphatic carbocycles. The standard InChI is InChI=1S/C19H18FNO2S/c1-13-15-8-5-9-16(20)18(15)23-17(13)19(22)21-10-11-24-12-14-6-3-2-4-7-14/h2-9H,10-12H2,1H3,(H,21,22). The lowest BCUT2D eigenvalue weighted by atomic mass is 10.1. The minimum Gasteiger partial charge on any atom is -0.448 e. The number of para-hydroxylation sites is 1. The van der Waals surface area contributed by atoms with Crippen LogP contribution in [0, 0.1) is 12.7 Å². The summed E-state index contributed by atoms with van der Waals surface area (Å²) in [6, 6.07) is 14.9. The van der Waals surface area contributed by atoms with Crippen molar-refractivity contribution >= 4 is 28.6 Å². The van der Waals surface area contributed by atoms with Crippen molar-refractivity contribution in [1.82, 2.24) is 5.32 Å². The minimum atomic E-state index is -0.451. The Balaban J connectivity index is 1.54. The summed E-state index contributed by atoms with van der Waals surface area (Å²) in [5.74, 6) is 1.14. The lowest BCUT2D eigenvalue weighted by Crippen LogP contribution is -2.25. The Bertz CT molecular complexity index is 845. The fraction of sp³-hybridized carbons (Fsp3) is 0.211. The molecular weight excluding hydrogens is 325 g/mol. The van der Waals surface area contributed by atoms with E-state index in [0.717, 1.165) is 11.5 Å². The van der Waals surface area contributed by atoms with E-state index in [9.17, 15) is 9.18 Å². The average Bonchev–Trinajstić information content (AvgIpc) is 2.94. The Morgan fingerprint density at radius 2 is 1.96 bits per heavy atom. The summed E-state index contributed by atoms with van der Waals surface area (Å²) >= 11 is 1.75. The number of thioether (sulfide) groups is 1. The van der Waals surface area contributed by atoms with Gasteiger partial charge in [-0.1, -0.05) is 42.5 Å². The van der Waals surface area contributed by atoms with E-state index in [2.05, 4.69) is 17.4 Å². The Morgan fingerprint density at radius 1 is 1.17 bits per heavy atom. The normalized spacial score (nSPS) is 10.9. The molecule has 1 N–H and O–H groups in total. The third-order valence-electron chi connectivity index (χ3n) is 3.77. The zero-order valence-corrected chi connectivity index (χ0v) is 14.2. The van der Waals surface area contributed by atoms with E-state index in [-0.39, 0.29) is 17.3 Å². The fourth-order valence-corrected chi connectivity index (χ4v) is 3.33. The molecule has 0 bridgehead atoms. The van der Waals surface area contributed by atoms with Gasteiger partial charge in [-0.25, -0.2) is 4.39 Å². The fourth-order valence-electron chi connectivity index (χ4n) is 2.51. The van der Waals surface area contributed by atoms with Gasteiger partial charge in [-0.15, -0.1) is 0 Å². The molecule has 3 rings (SSSR count). The number of hydrogen-bond acceptors (Lipinski definition) is 3. The Hall–Kier alpha value is -2.27. The molecule has 3 nitrogen and oxygen atoms in total. The number of hydrogen-bond donors (Lipinski definition) is 1. The number of fused-ring (bicyclic) bond motifs is 1. The molecule has 1 amide bonds. The summed E-state index contributed by atoms with van der Waals surface area (Å²) in [5, 5.41) is 3.47. The number of rotatable bonds is 6. The van der Waals surface area contributed by atoms with Crippen LogP contribution < -0.4 is 5.32 Å². The zero-order valence-electron chi connectivity index (χ0n) is 13.3. The molecule has 0 spiro atoms. The molecule has 0 fully saturated rings. The zero-order chi connectivity index (χ0) is 16.9. The SMILES string of the molecule is Cc1c(C(=O)NCCSCc2ccccc2)oc2c(F)cccc12. The molecule has 1 aromatic heterocycles. The van der Waals surface area contributed by atoms with Crippen molar-refractivity contribution in [2.45, 2.75) is 12.7 Å². The number of aryl methyl sites for hydroxylation is 1. The summed E-state index contributed by atoms with van der Waals surface area (Å²) in [4.78, 5) is 12.2. The first-order valence-corrected chi connectivity index (χ1v) is 8.90. The maximum Gasteiger partial charge on any atom is 0.287 e. The molecule has 24 heavy (non-hydrogen) atoms. The number of halogens is 1. The highest BCUT2D eigenvalue weighted by atomic mass is 32.2. The molecule has 0 aliphatic heterocycles. The van der Waals surface area contributed by atoms with Gasteiger partial charge >= 0.3 is 0 Å². The van der Waals surface area contributed by atoms with Crippen LogP contribution in [-0.4, -0.2) is 18.2 Å². The quantitative estimate of drug-likeness (QED) is 0.668. The molecule has 0 unspecified atom stereocenters. The van der Waals surface area contributed by atoms with Gasteiger partial charge in [0.25, 0.3) is 5.91 Å². The van der Waals surface area contributed by atoms with Crippen molar-refractivity contribution in [2.75, 3.05) is 12.3 Å². The van der Waals surface area contributed by atoms with Gasteiger partial charge in [0.2, 0.25) is 0 Å². The van der Waals surface area contributed by atoms with Crippen molar-refractivity contribution < 1.29 is 13.6 Å². The van der Waals surface area contributed by atoms with Crippen molar-refractivity contribution in [1.29, 1.82) is 0 Å². The molecule has 0 saturated heterocycles. The number of furan rings is 1. The van der Waals surface area contributed by atoms with Gasteiger partial charge in [-0.05, 0) is 18.6 Å². The Kier molecular flexibility index (Phi) is 5.20. The molecule has 5 heteroatoms. The summed E-state index contributed by atoms with van der Waals surface area (Å²) in [6.07, 6.45) is 0. The van der Waals surface area contributed by atoms with E-state index >= 15 is 0 Å². The van der Waals surface area contributed by atoms with Crippen LogP contribution >= 0.6 is 11.8 Å². The van der Waals surface area contributed by atoms with Crippen LogP contribution in [0.3, 0.4) is 0 Å². The first-order chi connectivity index (χ1) is 11.7. The lowest BCUT2D eigenvalue weighted by Gasteiger charge is -2.04. The second-order valence-electron chi connectivity index (χ2n) is 5.47. The molecule has 2 aromatic carbocycles. The largest absolute Gasteiger partial charge is 0.448 e. The average molecular weight is 343 g/mol. The van der Waals surface area contributed by atoms with Crippen LogP contribution in [0.25, 0.3) is 11.0 Å². The number of amides is 1. The molecule has 1 heterocycles. The highest BCUT2D eigenvalue weighted by Crippen LogP contribution is 2.27. The maximum absolute atomic E-state index is 13.7. The van der Waals surface area contributed by atoms with Gasteiger partial charge in [0.15, 0.2) is 17.2 Å². The molecule has 0 saturated carbocycles. The maximum atomic E-state index is 13.7. The van der Waals surface area contributed by atoms with Crippen molar-refractivity contribution in [3.8, 4) is 0 Å². The lowest BCUT2D eigenvalue weighted by molar-refractivity contribution is 0.0929. The van der Waals surface area contributed by atoms with Gasteiger partial charge in [-0.3, -0.25) is 4.79 Å². The monoisotopic (exact) mass is 343 g/mol. The van der Waals surface area contributed by atoms with Gasteiger partial charge in [0.05, 0.1) is 0 Å². The van der Waals surface area contributed by atoms with Crippen LogP contribution in [0.1, 0.15) is 21.7 Å². The topological polar surface area (TPSA) is 42.2 Å². The van der Waals surface area contributed by atoms with Crippen LogP contribution in [0.4, 0.5) is 4.39 Å². The highest BCUT2D eigenvalue weighted by molar-refractivity contribution is 7.98.